The number of fused-ring (bicyclic) bond motifs is 1. The van der Waals surface area contributed by atoms with Gasteiger partial charge in [0.1, 0.15) is 0 Å². The van der Waals surface area contributed by atoms with Gasteiger partial charge in [-0.15, -0.1) is 0 Å². The molecule has 2 amide bonds. The van der Waals surface area contributed by atoms with E-state index in [0.29, 0.717) is 11.2 Å². The Balaban J connectivity index is 1.84. The van der Waals surface area contributed by atoms with Crippen LogP contribution in [0.3, 0.4) is 0 Å². The highest BCUT2D eigenvalue weighted by Crippen LogP contribution is 2.20. The number of halogens is 3. The zero-order valence-electron chi connectivity index (χ0n) is 12.0. The fraction of sp³-hybridized carbons (Fsp3) is 0.267. The molecule has 0 spiro atoms. The highest BCUT2D eigenvalue weighted by atomic mass is 19.4. The van der Waals surface area contributed by atoms with Crippen molar-refractivity contribution >= 4 is 28.4 Å². The molecule has 0 atom stereocenters. The maximum atomic E-state index is 12.0. The lowest BCUT2D eigenvalue weighted by Crippen LogP contribution is -2.37. The van der Waals surface area contributed by atoms with Crippen molar-refractivity contribution in [3.05, 3.63) is 36.5 Å². The fourth-order valence-electron chi connectivity index (χ4n) is 1.97. The van der Waals surface area contributed by atoms with Crippen LogP contribution in [-0.2, 0) is 9.59 Å². The fourth-order valence-corrected chi connectivity index (χ4v) is 1.97. The van der Waals surface area contributed by atoms with Gasteiger partial charge in [-0.2, -0.15) is 13.2 Å². The van der Waals surface area contributed by atoms with Gasteiger partial charge in [0.2, 0.25) is 5.91 Å². The molecule has 1 aromatic carbocycles. The topological polar surface area (TPSA) is 71.1 Å². The number of aromatic nitrogens is 1. The molecule has 0 aliphatic carbocycles. The molecule has 2 rings (SSSR count). The van der Waals surface area contributed by atoms with Crippen LogP contribution >= 0.6 is 0 Å². The first-order valence-electron chi connectivity index (χ1n) is 6.86. The van der Waals surface area contributed by atoms with E-state index in [-0.39, 0.29) is 25.3 Å². The number of pyridine rings is 1. The Labute approximate surface area is 129 Å². The van der Waals surface area contributed by atoms with Crippen molar-refractivity contribution in [3.63, 3.8) is 0 Å². The summed E-state index contributed by atoms with van der Waals surface area (Å²) in [5, 5.41) is 5.25. The molecule has 122 valence electrons. The number of benzene rings is 1. The standard InChI is InChI=1S/C15H14F3N3O2/c16-15(17,18)14(23)20-9-3-7-12(22)21-11-6-1-4-10-5-2-8-19-13(10)11/h1-2,4-6,8H,3,7,9H2,(H,20,23)(H,21,22). The van der Waals surface area contributed by atoms with Crippen LogP contribution in [0.15, 0.2) is 36.5 Å². The summed E-state index contributed by atoms with van der Waals surface area (Å²) in [4.78, 5) is 26.6. The van der Waals surface area contributed by atoms with Crippen LogP contribution < -0.4 is 10.6 Å². The molecule has 0 fully saturated rings. The Morgan fingerprint density at radius 3 is 2.61 bits per heavy atom. The summed E-state index contributed by atoms with van der Waals surface area (Å²) < 4.78 is 35.9. The lowest BCUT2D eigenvalue weighted by atomic mass is 10.2. The number of nitrogens with zero attached hydrogens (tertiary/aromatic N) is 1. The normalized spacial score (nSPS) is 11.3. The first kappa shape index (κ1) is 16.7. The highest BCUT2D eigenvalue weighted by Gasteiger charge is 2.38. The van der Waals surface area contributed by atoms with Gasteiger partial charge < -0.3 is 10.6 Å². The number of hydrogen-bond acceptors (Lipinski definition) is 3. The Bertz CT molecular complexity index is 711. The summed E-state index contributed by atoms with van der Waals surface area (Å²) in [6, 6.07) is 8.94. The second-order valence-electron chi connectivity index (χ2n) is 4.79. The number of amides is 2. The zero-order valence-corrected chi connectivity index (χ0v) is 12.0. The van der Waals surface area contributed by atoms with Crippen LogP contribution in [0.2, 0.25) is 0 Å². The molecular formula is C15H14F3N3O2. The molecular weight excluding hydrogens is 311 g/mol. The van der Waals surface area contributed by atoms with Gasteiger partial charge in [0.15, 0.2) is 0 Å². The maximum absolute atomic E-state index is 12.0. The van der Waals surface area contributed by atoms with Crippen LogP contribution in [0, 0.1) is 0 Å². The van der Waals surface area contributed by atoms with Gasteiger partial charge in [0, 0.05) is 24.5 Å². The summed E-state index contributed by atoms with van der Waals surface area (Å²) in [7, 11) is 0. The average Bonchev–Trinajstić information content (AvgIpc) is 2.51. The highest BCUT2D eigenvalue weighted by molar-refractivity contribution is 6.00. The minimum atomic E-state index is -4.91. The van der Waals surface area contributed by atoms with Crippen molar-refractivity contribution in [1.29, 1.82) is 0 Å². The molecule has 2 aromatic rings. The summed E-state index contributed by atoms with van der Waals surface area (Å²) in [6.45, 7) is -0.223. The molecule has 0 aliphatic heterocycles. The molecule has 1 heterocycles. The van der Waals surface area contributed by atoms with Gasteiger partial charge in [0.05, 0.1) is 11.2 Å². The van der Waals surface area contributed by atoms with Crippen LogP contribution in [0.1, 0.15) is 12.8 Å². The van der Waals surface area contributed by atoms with Crippen LogP contribution in [-0.4, -0.2) is 29.5 Å². The quantitative estimate of drug-likeness (QED) is 0.830. The maximum Gasteiger partial charge on any atom is 0.471 e. The van der Waals surface area contributed by atoms with Crippen molar-refractivity contribution in [2.24, 2.45) is 0 Å². The van der Waals surface area contributed by atoms with E-state index < -0.39 is 12.1 Å². The molecule has 0 radical (unpaired) electrons. The van der Waals surface area contributed by atoms with Crippen LogP contribution in [0.4, 0.5) is 18.9 Å². The van der Waals surface area contributed by atoms with Gasteiger partial charge >= 0.3 is 12.1 Å². The number of hydrogen-bond donors (Lipinski definition) is 2. The second kappa shape index (κ2) is 7.08. The molecule has 0 aliphatic rings. The molecule has 1 aromatic heterocycles. The van der Waals surface area contributed by atoms with E-state index in [4.69, 9.17) is 0 Å². The number of nitrogens with one attached hydrogen (secondary N) is 2. The van der Waals surface area contributed by atoms with Crippen molar-refractivity contribution in [3.8, 4) is 0 Å². The lowest BCUT2D eigenvalue weighted by Gasteiger charge is -2.09. The molecule has 23 heavy (non-hydrogen) atoms. The summed E-state index contributed by atoms with van der Waals surface area (Å²) >= 11 is 0. The molecule has 0 bridgehead atoms. The molecule has 2 N–H and O–H groups in total. The minimum absolute atomic E-state index is 0.0125. The SMILES string of the molecule is O=C(CCCNC(=O)C(F)(F)F)Nc1cccc2cccnc12. The van der Waals surface area contributed by atoms with Crippen molar-refractivity contribution < 1.29 is 22.8 Å². The van der Waals surface area contributed by atoms with Gasteiger partial charge in [-0.3, -0.25) is 14.6 Å². The predicted molar refractivity (Wildman–Crippen MR) is 78.7 cm³/mol. The van der Waals surface area contributed by atoms with E-state index in [2.05, 4.69) is 10.3 Å². The van der Waals surface area contributed by atoms with E-state index in [1.165, 1.54) is 0 Å². The van der Waals surface area contributed by atoms with E-state index >= 15 is 0 Å². The van der Waals surface area contributed by atoms with E-state index in [1.54, 1.807) is 29.7 Å². The van der Waals surface area contributed by atoms with E-state index in [0.717, 1.165) is 5.39 Å². The second-order valence-corrected chi connectivity index (χ2v) is 4.79. The Morgan fingerprint density at radius 1 is 1.13 bits per heavy atom. The monoisotopic (exact) mass is 325 g/mol. The Kier molecular flexibility index (Phi) is 5.15. The number of anilines is 1. The molecule has 5 nitrogen and oxygen atoms in total. The number of carbonyl (C=O) groups is 2. The van der Waals surface area contributed by atoms with Crippen molar-refractivity contribution in [1.82, 2.24) is 10.3 Å². The summed E-state index contributed by atoms with van der Waals surface area (Å²) in [5.74, 6) is -2.36. The van der Waals surface area contributed by atoms with Crippen LogP contribution in [0.5, 0.6) is 0 Å². The number of carbonyl (C=O) groups excluding carboxylic acids is 2. The smallest absolute Gasteiger partial charge is 0.348 e. The zero-order chi connectivity index (χ0) is 16.9. The number of para-hydroxylation sites is 1. The number of alkyl halides is 3. The number of rotatable bonds is 5. The van der Waals surface area contributed by atoms with Crippen molar-refractivity contribution in [2.45, 2.75) is 19.0 Å². The predicted octanol–water partition coefficient (Wildman–Crippen LogP) is 2.63. The first-order valence-corrected chi connectivity index (χ1v) is 6.86. The van der Waals surface area contributed by atoms with Gasteiger partial charge in [0.25, 0.3) is 0 Å². The summed E-state index contributed by atoms with van der Waals surface area (Å²) in [6.07, 6.45) is -3.21. The van der Waals surface area contributed by atoms with Crippen molar-refractivity contribution in [2.75, 3.05) is 11.9 Å². The van der Waals surface area contributed by atoms with E-state index in [9.17, 15) is 22.8 Å². The Hall–Kier alpha value is -2.64. The third kappa shape index (κ3) is 4.67. The van der Waals surface area contributed by atoms with Crippen LogP contribution in [0.25, 0.3) is 10.9 Å². The molecule has 8 heteroatoms. The van der Waals surface area contributed by atoms with E-state index in [1.807, 2.05) is 12.1 Å². The summed E-state index contributed by atoms with van der Waals surface area (Å²) in [5.41, 5.74) is 1.17. The third-order valence-corrected chi connectivity index (χ3v) is 3.03. The Morgan fingerprint density at radius 2 is 1.87 bits per heavy atom. The largest absolute Gasteiger partial charge is 0.471 e. The molecule has 0 saturated heterocycles. The van der Waals surface area contributed by atoms with Gasteiger partial charge in [-0.05, 0) is 18.6 Å². The average molecular weight is 325 g/mol. The lowest BCUT2D eigenvalue weighted by molar-refractivity contribution is -0.173. The third-order valence-electron chi connectivity index (χ3n) is 3.03. The minimum Gasteiger partial charge on any atom is -0.348 e. The first-order chi connectivity index (χ1) is 10.9. The molecule has 0 saturated carbocycles. The molecule has 0 unspecified atom stereocenters. The van der Waals surface area contributed by atoms with Gasteiger partial charge in [-0.25, -0.2) is 0 Å². The van der Waals surface area contributed by atoms with Gasteiger partial charge in [-0.1, -0.05) is 18.2 Å².